The van der Waals surface area contributed by atoms with Crippen LogP contribution in [0.1, 0.15) is 24.8 Å². The number of carbonyl (C=O) groups is 2. The molecule has 2 aromatic carbocycles. The van der Waals surface area contributed by atoms with Gasteiger partial charge in [-0.2, -0.15) is 4.36 Å². The molecular formula is C26H28F2N6O5S. The van der Waals surface area contributed by atoms with Crippen LogP contribution in [0, 0.1) is 11.6 Å². The molecule has 1 aromatic heterocycles. The summed E-state index contributed by atoms with van der Waals surface area (Å²) in [6, 6.07) is 7.41. The van der Waals surface area contributed by atoms with Crippen LogP contribution in [0.5, 0.6) is 11.5 Å². The van der Waals surface area contributed by atoms with Crippen molar-refractivity contribution >= 4 is 33.2 Å². The Balaban J connectivity index is 1.69. The Hall–Kier alpha value is -4.17. The van der Waals surface area contributed by atoms with Crippen molar-refractivity contribution in [3.63, 3.8) is 0 Å². The van der Waals surface area contributed by atoms with Gasteiger partial charge in [-0.3, -0.25) is 9.59 Å². The normalized spacial score (nSPS) is 15.4. The van der Waals surface area contributed by atoms with Gasteiger partial charge in [-0.1, -0.05) is 0 Å². The lowest BCUT2D eigenvalue weighted by Gasteiger charge is -2.14. The van der Waals surface area contributed by atoms with E-state index in [2.05, 4.69) is 19.6 Å². The number of primary amides is 1. The Morgan fingerprint density at radius 1 is 1.15 bits per heavy atom. The van der Waals surface area contributed by atoms with Gasteiger partial charge in [-0.05, 0) is 42.7 Å². The number of rotatable bonds is 5. The summed E-state index contributed by atoms with van der Waals surface area (Å²) in [6.07, 6.45) is 3.02. The minimum atomic E-state index is -3.11. The third-order valence-corrected chi connectivity index (χ3v) is 7.12. The third-order valence-electron chi connectivity index (χ3n) is 5.69. The molecule has 2 atom stereocenters. The van der Waals surface area contributed by atoms with Crippen molar-refractivity contribution in [1.29, 1.82) is 0 Å². The van der Waals surface area contributed by atoms with Crippen LogP contribution in [-0.2, 0) is 25.1 Å². The maximum Gasteiger partial charge on any atom is 0.271 e. The second-order valence-electron chi connectivity index (χ2n) is 9.24. The predicted molar refractivity (Wildman–Crippen MR) is 144 cm³/mol. The Labute approximate surface area is 229 Å². The number of carbonyl (C=O) groups excluding carboxylic acids is 2. The van der Waals surface area contributed by atoms with Crippen LogP contribution in [0.25, 0.3) is 11.3 Å². The molecule has 0 spiro atoms. The number of benzene rings is 2. The molecule has 1 aliphatic rings. The minimum absolute atomic E-state index is 0.0270. The molecular weight excluding hydrogens is 546 g/mol. The maximum atomic E-state index is 14.8. The molecule has 1 aliphatic heterocycles. The Morgan fingerprint density at radius 3 is 2.65 bits per heavy atom. The maximum absolute atomic E-state index is 14.8. The van der Waals surface area contributed by atoms with Gasteiger partial charge in [0.2, 0.25) is 11.9 Å². The van der Waals surface area contributed by atoms with Gasteiger partial charge in [0.25, 0.3) is 5.91 Å². The summed E-state index contributed by atoms with van der Waals surface area (Å²) < 4.78 is 57.3. The molecule has 0 fully saturated rings. The quantitative estimate of drug-likeness (QED) is 0.414. The highest BCUT2D eigenvalue weighted by Crippen LogP contribution is 2.33. The van der Waals surface area contributed by atoms with Gasteiger partial charge < -0.3 is 26.3 Å². The number of nitrogens with zero attached hydrogens (tertiary/aromatic N) is 3. The first-order valence-electron chi connectivity index (χ1n) is 12.3. The molecule has 2 heterocycles. The smallest absolute Gasteiger partial charge is 0.271 e. The molecule has 14 heteroatoms. The first-order chi connectivity index (χ1) is 19.0. The van der Waals surface area contributed by atoms with E-state index in [-0.39, 0.29) is 35.3 Å². The average molecular weight is 575 g/mol. The molecule has 0 unspecified atom stereocenters. The van der Waals surface area contributed by atoms with Crippen molar-refractivity contribution in [2.45, 2.75) is 31.1 Å². The predicted octanol–water partition coefficient (Wildman–Crippen LogP) is 3.04. The second-order valence-corrected chi connectivity index (χ2v) is 11.6. The standard InChI is InChI=1S/C26H28F2N6O5S/c1-40(37,34-25(36)21(29)12-23(30)35)14-15-8-17-11-18(9-15)38-6-2-3-7-39-22-10-16(27)4-5-19(22)24-20(28)13-31-26(32-17)33-24/h4-5,8-11,13,21H,2-3,6-7,12,14,29H2,1H3,(H2,30,35)(H,31,32,33)/t21-,40-/m0/s1. The summed E-state index contributed by atoms with van der Waals surface area (Å²) in [5.74, 6) is -2.47. The summed E-state index contributed by atoms with van der Waals surface area (Å²) in [6.45, 7) is 0.543. The number of fused-ring (bicyclic) bond motifs is 6. The van der Waals surface area contributed by atoms with E-state index in [9.17, 15) is 22.6 Å². The number of amides is 2. The molecule has 5 N–H and O–H groups in total. The fourth-order valence-corrected chi connectivity index (χ4v) is 5.30. The highest BCUT2D eigenvalue weighted by Gasteiger charge is 2.19. The average Bonchev–Trinajstić information content (AvgIpc) is 2.86. The Morgan fingerprint density at radius 2 is 1.90 bits per heavy atom. The van der Waals surface area contributed by atoms with Crippen LogP contribution in [0.2, 0.25) is 0 Å². The van der Waals surface area contributed by atoms with E-state index in [1.54, 1.807) is 18.2 Å². The van der Waals surface area contributed by atoms with Crippen molar-refractivity contribution < 1.29 is 32.1 Å². The minimum Gasteiger partial charge on any atom is -0.494 e. The first-order valence-corrected chi connectivity index (χ1v) is 14.3. The molecule has 0 radical (unpaired) electrons. The summed E-state index contributed by atoms with van der Waals surface area (Å²) in [4.78, 5) is 31.6. The van der Waals surface area contributed by atoms with Gasteiger partial charge in [0.05, 0.1) is 47.4 Å². The molecule has 4 rings (SSSR count). The summed E-state index contributed by atoms with van der Waals surface area (Å²) in [5.41, 5.74) is 11.8. The molecule has 0 saturated heterocycles. The molecule has 4 bridgehead atoms. The number of hydrogen-bond donors (Lipinski definition) is 3. The SMILES string of the molecule is C[S@](=O)(Cc1cc2cc(c1)OCCCCOc1cc(F)ccc1-c1nc(ncc1F)N2)=NC(=O)[C@@H](N)CC(N)=O. The van der Waals surface area contributed by atoms with Crippen molar-refractivity contribution in [2.75, 3.05) is 24.8 Å². The number of halogens is 2. The van der Waals surface area contributed by atoms with Crippen LogP contribution in [0.3, 0.4) is 0 Å². The van der Waals surface area contributed by atoms with E-state index in [0.717, 1.165) is 6.20 Å². The van der Waals surface area contributed by atoms with Gasteiger partial charge in [0.1, 0.15) is 23.0 Å². The zero-order chi connectivity index (χ0) is 28.9. The van der Waals surface area contributed by atoms with Crippen LogP contribution < -0.4 is 26.3 Å². The first kappa shape index (κ1) is 28.8. The number of ether oxygens (including phenoxy) is 2. The lowest BCUT2D eigenvalue weighted by Crippen LogP contribution is -2.34. The number of aromatic nitrogens is 2. The summed E-state index contributed by atoms with van der Waals surface area (Å²) in [7, 11) is -3.11. The Kier molecular flexibility index (Phi) is 8.90. The molecule has 40 heavy (non-hydrogen) atoms. The van der Waals surface area contributed by atoms with E-state index in [4.69, 9.17) is 20.9 Å². The third kappa shape index (κ3) is 7.70. The second kappa shape index (κ2) is 12.3. The lowest BCUT2D eigenvalue weighted by atomic mass is 10.1. The molecule has 3 aromatic rings. The highest BCUT2D eigenvalue weighted by molar-refractivity contribution is 7.92. The van der Waals surface area contributed by atoms with Crippen molar-refractivity contribution in [2.24, 2.45) is 15.8 Å². The molecule has 212 valence electrons. The largest absolute Gasteiger partial charge is 0.494 e. The molecule has 2 amide bonds. The van der Waals surface area contributed by atoms with Gasteiger partial charge in [-0.15, -0.1) is 0 Å². The zero-order valence-electron chi connectivity index (χ0n) is 21.6. The van der Waals surface area contributed by atoms with Crippen LogP contribution in [0.15, 0.2) is 47.0 Å². The van der Waals surface area contributed by atoms with Crippen molar-refractivity contribution in [1.82, 2.24) is 9.97 Å². The lowest BCUT2D eigenvalue weighted by molar-refractivity contribution is -0.124. The fourth-order valence-electron chi connectivity index (χ4n) is 3.94. The van der Waals surface area contributed by atoms with E-state index in [1.165, 1.54) is 24.5 Å². The van der Waals surface area contributed by atoms with E-state index < -0.39 is 45.6 Å². The van der Waals surface area contributed by atoms with Gasteiger partial charge in [-0.25, -0.2) is 23.0 Å². The summed E-state index contributed by atoms with van der Waals surface area (Å²) >= 11 is 0. The van der Waals surface area contributed by atoms with Crippen LogP contribution >= 0.6 is 0 Å². The Bertz CT molecular complexity index is 1560. The monoisotopic (exact) mass is 574 g/mol. The molecule has 11 nitrogen and oxygen atoms in total. The molecule has 0 saturated carbocycles. The fraction of sp³-hybridized carbons (Fsp3) is 0.308. The number of nitrogens with two attached hydrogens (primary N) is 2. The topological polar surface area (TPSA) is 172 Å². The summed E-state index contributed by atoms with van der Waals surface area (Å²) in [5, 5.41) is 2.98. The highest BCUT2D eigenvalue weighted by atomic mass is 32.2. The van der Waals surface area contributed by atoms with Gasteiger partial charge >= 0.3 is 0 Å². The van der Waals surface area contributed by atoms with E-state index in [1.807, 2.05) is 0 Å². The van der Waals surface area contributed by atoms with Gasteiger partial charge in [0, 0.05) is 29.6 Å². The van der Waals surface area contributed by atoms with Crippen molar-refractivity contribution in [3.8, 4) is 22.8 Å². The van der Waals surface area contributed by atoms with E-state index >= 15 is 0 Å². The zero-order valence-corrected chi connectivity index (χ0v) is 22.4. The van der Waals surface area contributed by atoms with Crippen LogP contribution in [-0.4, -0.2) is 51.5 Å². The molecule has 0 aliphatic carbocycles. The van der Waals surface area contributed by atoms with E-state index in [0.29, 0.717) is 36.4 Å². The number of hydrogen-bond acceptors (Lipinski definition) is 9. The number of anilines is 2. The van der Waals surface area contributed by atoms with Gasteiger partial charge in [0.15, 0.2) is 5.82 Å². The van der Waals surface area contributed by atoms with Crippen molar-refractivity contribution in [3.05, 3.63) is 59.8 Å². The number of nitrogens with one attached hydrogen (secondary N) is 1. The van der Waals surface area contributed by atoms with Crippen LogP contribution in [0.4, 0.5) is 20.4 Å².